The Morgan fingerprint density at radius 2 is 1.75 bits per heavy atom. The smallest absolute Gasteiger partial charge is 0.0799 e. The van der Waals surface area contributed by atoms with Crippen molar-refractivity contribution in [2.75, 3.05) is 19.6 Å². The fourth-order valence-electron chi connectivity index (χ4n) is 2.53. The molecule has 2 nitrogen and oxygen atoms in total. The molecule has 0 radical (unpaired) electrons. The van der Waals surface area contributed by atoms with Crippen LogP contribution >= 0.6 is 0 Å². The van der Waals surface area contributed by atoms with E-state index in [1.807, 2.05) is 4.90 Å². The van der Waals surface area contributed by atoms with Crippen LogP contribution in [0, 0.1) is 17.8 Å². The molecule has 1 aliphatic rings. The predicted octanol–water partition coefficient (Wildman–Crippen LogP) is 2.37. The van der Waals surface area contributed by atoms with E-state index < -0.39 is 0 Å². The first-order valence-corrected chi connectivity index (χ1v) is 6.89. The second kappa shape index (κ2) is 11.0. The Morgan fingerprint density at radius 1 is 1.12 bits per heavy atom. The van der Waals surface area contributed by atoms with Gasteiger partial charge in [-0.1, -0.05) is 39.5 Å². The molecule has 0 saturated carbocycles. The maximum Gasteiger partial charge on any atom is 0.0799 e. The van der Waals surface area contributed by atoms with Gasteiger partial charge in [-0.15, -0.1) is 0 Å². The topological polar surface area (TPSA) is 28.2 Å². The molecule has 0 amide bonds. The summed E-state index contributed by atoms with van der Waals surface area (Å²) < 4.78 is 0. The number of likely N-dealkylation sites (tertiary alicyclic amines) is 1. The Kier molecular flexibility index (Phi) is 10.6. The first-order chi connectivity index (χ1) is 7.83. The number of hydrogen-bond donors (Lipinski definition) is 1. The molecule has 1 aliphatic heterocycles. The molecule has 2 heteroatoms. The third kappa shape index (κ3) is 7.70. The van der Waals surface area contributed by atoms with Gasteiger partial charge >= 0.3 is 0 Å². The second-order valence-electron chi connectivity index (χ2n) is 5.12. The highest BCUT2D eigenvalue weighted by atomic mass is 15.1. The Morgan fingerprint density at radius 3 is 2.31 bits per heavy atom. The maximum atomic E-state index is 6.25. The number of hydrogen-bond acceptors (Lipinski definition) is 1. The van der Waals surface area contributed by atoms with Crippen LogP contribution in [0.3, 0.4) is 0 Å². The van der Waals surface area contributed by atoms with Crippen molar-refractivity contribution >= 4 is 0 Å². The van der Waals surface area contributed by atoms with Crippen LogP contribution in [0.15, 0.2) is 0 Å². The lowest BCUT2D eigenvalue weighted by atomic mass is 10.1. The van der Waals surface area contributed by atoms with Gasteiger partial charge in [0, 0.05) is 12.3 Å². The normalized spacial score (nSPS) is 23.8. The van der Waals surface area contributed by atoms with E-state index >= 15 is 0 Å². The second-order valence-corrected chi connectivity index (χ2v) is 5.12. The van der Waals surface area contributed by atoms with Crippen molar-refractivity contribution in [2.45, 2.75) is 58.8 Å². The highest BCUT2D eigenvalue weighted by Gasteiger charge is 2.21. The molecule has 16 heavy (non-hydrogen) atoms. The van der Waals surface area contributed by atoms with E-state index in [0.717, 1.165) is 5.92 Å². The summed E-state index contributed by atoms with van der Waals surface area (Å²) in [7, 11) is 0. The van der Waals surface area contributed by atoms with Crippen LogP contribution in [-0.2, 0) is 0 Å². The third-order valence-corrected chi connectivity index (χ3v) is 3.51. The molecular formula is C14H28N2. The van der Waals surface area contributed by atoms with Gasteiger partial charge in [0.15, 0.2) is 0 Å². The van der Waals surface area contributed by atoms with Crippen LogP contribution in [0.1, 0.15) is 58.8 Å². The summed E-state index contributed by atoms with van der Waals surface area (Å²) in [5.74, 6) is 0.991. The lowest BCUT2D eigenvalue weighted by molar-refractivity contribution is -0.889. The van der Waals surface area contributed by atoms with Gasteiger partial charge < -0.3 is 16.7 Å². The molecule has 0 aromatic heterocycles. The molecule has 94 valence electrons. The van der Waals surface area contributed by atoms with Gasteiger partial charge in [-0.25, -0.2) is 0 Å². The van der Waals surface area contributed by atoms with Gasteiger partial charge in [0.05, 0.1) is 19.6 Å². The van der Waals surface area contributed by atoms with Crippen molar-refractivity contribution in [1.82, 2.24) is 0 Å². The van der Waals surface area contributed by atoms with Crippen LogP contribution < -0.4 is 4.90 Å². The Bertz CT molecular complexity index is 165. The standard InChI is InChI=1S/C13H27N.CN/c1-3-4-5-6-7-8-10-14-11-9-13(2)12-14;1-2/h13H,3-12H2,1-2H3;/q;-1/p+1. The SMILES string of the molecule is CCCCCCCC[NH+]1CCC(C)C1.[C-]#N. The largest absolute Gasteiger partial charge is 0.512 e. The Balaban J connectivity index is 0.00000106. The van der Waals surface area contributed by atoms with Gasteiger partial charge in [-0.05, 0) is 12.8 Å². The summed E-state index contributed by atoms with van der Waals surface area (Å²) in [5, 5.41) is 6.25. The Labute approximate surface area is 102 Å². The number of nitrogens with zero attached hydrogens (tertiary/aromatic N) is 1. The Hall–Kier alpha value is -0.550. The lowest BCUT2D eigenvalue weighted by Gasteiger charge is -2.11. The fraction of sp³-hybridized carbons (Fsp3) is 0.929. The van der Waals surface area contributed by atoms with E-state index in [0.29, 0.717) is 0 Å². The first kappa shape index (κ1) is 15.4. The number of unbranched alkanes of at least 4 members (excludes halogenated alkanes) is 5. The molecule has 1 saturated heterocycles. The van der Waals surface area contributed by atoms with Gasteiger partial charge in [0.25, 0.3) is 0 Å². The van der Waals surface area contributed by atoms with Crippen LogP contribution in [-0.4, -0.2) is 19.6 Å². The summed E-state index contributed by atoms with van der Waals surface area (Å²) in [4.78, 5) is 1.87. The summed E-state index contributed by atoms with van der Waals surface area (Å²) in [6.45, 7) is 13.8. The van der Waals surface area contributed by atoms with E-state index in [-0.39, 0.29) is 0 Å². The molecule has 1 heterocycles. The zero-order valence-corrected chi connectivity index (χ0v) is 11.1. The van der Waals surface area contributed by atoms with Crippen molar-refractivity contribution in [3.8, 4) is 0 Å². The summed E-state index contributed by atoms with van der Waals surface area (Å²) in [6.07, 6.45) is 10.1. The highest BCUT2D eigenvalue weighted by molar-refractivity contribution is 4.55. The molecule has 0 bridgehead atoms. The van der Waals surface area contributed by atoms with E-state index in [4.69, 9.17) is 11.8 Å². The highest BCUT2D eigenvalue weighted by Crippen LogP contribution is 2.05. The number of quaternary nitrogens is 1. The molecule has 0 spiro atoms. The fourth-order valence-corrected chi connectivity index (χ4v) is 2.53. The molecule has 1 rings (SSSR count). The average molecular weight is 224 g/mol. The number of rotatable bonds is 7. The minimum absolute atomic E-state index is 0.991. The van der Waals surface area contributed by atoms with Crippen LogP contribution in [0.2, 0.25) is 0 Å². The van der Waals surface area contributed by atoms with Crippen molar-refractivity contribution in [3.63, 3.8) is 0 Å². The third-order valence-electron chi connectivity index (χ3n) is 3.51. The summed E-state index contributed by atoms with van der Waals surface area (Å²) in [6, 6.07) is 0. The molecule has 2 unspecified atom stereocenters. The lowest BCUT2D eigenvalue weighted by Crippen LogP contribution is -3.10. The van der Waals surface area contributed by atoms with Crippen molar-refractivity contribution in [2.24, 2.45) is 5.92 Å². The quantitative estimate of drug-likeness (QED) is 0.522. The monoisotopic (exact) mass is 224 g/mol. The van der Waals surface area contributed by atoms with Crippen molar-refractivity contribution in [3.05, 3.63) is 6.57 Å². The van der Waals surface area contributed by atoms with Crippen molar-refractivity contribution in [1.29, 1.82) is 5.26 Å². The van der Waals surface area contributed by atoms with E-state index in [1.165, 1.54) is 64.6 Å². The van der Waals surface area contributed by atoms with Gasteiger partial charge in [-0.2, -0.15) is 0 Å². The van der Waals surface area contributed by atoms with Crippen LogP contribution in [0.4, 0.5) is 0 Å². The molecule has 1 fully saturated rings. The average Bonchev–Trinajstić information content (AvgIpc) is 2.72. The van der Waals surface area contributed by atoms with Crippen LogP contribution in [0.5, 0.6) is 0 Å². The summed E-state index contributed by atoms with van der Waals surface area (Å²) >= 11 is 0. The zero-order valence-electron chi connectivity index (χ0n) is 11.1. The van der Waals surface area contributed by atoms with Gasteiger partial charge in [0.2, 0.25) is 0 Å². The molecule has 1 N–H and O–H groups in total. The minimum Gasteiger partial charge on any atom is -0.512 e. The first-order valence-electron chi connectivity index (χ1n) is 6.89. The van der Waals surface area contributed by atoms with Crippen molar-refractivity contribution < 1.29 is 4.90 Å². The minimum atomic E-state index is 0.991. The van der Waals surface area contributed by atoms with E-state index in [1.54, 1.807) is 0 Å². The van der Waals surface area contributed by atoms with Gasteiger partial charge in [0.1, 0.15) is 0 Å². The molecular weight excluding hydrogens is 196 g/mol. The predicted molar refractivity (Wildman–Crippen MR) is 67.7 cm³/mol. The summed E-state index contributed by atoms with van der Waals surface area (Å²) in [5.41, 5.74) is 0. The van der Waals surface area contributed by atoms with Gasteiger partial charge in [-0.3, -0.25) is 0 Å². The molecule has 0 aromatic carbocycles. The maximum absolute atomic E-state index is 6.25. The molecule has 2 atom stereocenters. The number of nitrogens with one attached hydrogen (secondary N) is 1. The van der Waals surface area contributed by atoms with E-state index in [9.17, 15) is 0 Å². The molecule has 0 aliphatic carbocycles. The van der Waals surface area contributed by atoms with Crippen LogP contribution in [0.25, 0.3) is 0 Å². The zero-order chi connectivity index (χ0) is 12.2. The molecule has 0 aromatic rings. The van der Waals surface area contributed by atoms with E-state index in [2.05, 4.69) is 13.8 Å².